The van der Waals surface area contributed by atoms with Crippen molar-refractivity contribution in [2.45, 2.75) is 51.5 Å². The van der Waals surface area contributed by atoms with Gasteiger partial charge in [0.1, 0.15) is 5.54 Å². The highest BCUT2D eigenvalue weighted by molar-refractivity contribution is 5.78. The molecular formula is C11H21NO2. The fraction of sp³-hybridized carbons (Fsp3) is 0.909. The van der Waals surface area contributed by atoms with Crippen LogP contribution in [0.4, 0.5) is 0 Å². The smallest absolute Gasteiger partial charge is 0.323 e. The number of carbonyl (C=O) groups is 1. The molecule has 0 aromatic rings. The van der Waals surface area contributed by atoms with Gasteiger partial charge in [0.05, 0.1) is 0 Å². The third kappa shape index (κ3) is 2.71. The predicted octanol–water partition coefficient (Wildman–Crippen LogP) is 2.02. The quantitative estimate of drug-likeness (QED) is 0.731. The van der Waals surface area contributed by atoms with Crippen LogP contribution in [0.1, 0.15) is 46.0 Å². The Bertz CT molecular complexity index is 193. The van der Waals surface area contributed by atoms with E-state index in [1.165, 1.54) is 0 Å². The highest BCUT2D eigenvalue weighted by Gasteiger charge is 2.38. The second-order valence-electron chi connectivity index (χ2n) is 4.72. The number of carboxylic acids is 1. The maximum Gasteiger partial charge on any atom is 0.323 e. The minimum Gasteiger partial charge on any atom is -0.480 e. The van der Waals surface area contributed by atoms with E-state index in [0.717, 1.165) is 38.6 Å². The summed E-state index contributed by atoms with van der Waals surface area (Å²) >= 11 is 0. The van der Waals surface area contributed by atoms with Crippen LogP contribution in [0.3, 0.4) is 0 Å². The van der Waals surface area contributed by atoms with Crippen molar-refractivity contribution in [3.63, 3.8) is 0 Å². The molecular weight excluding hydrogens is 178 g/mol. The fourth-order valence-corrected chi connectivity index (χ4v) is 2.29. The summed E-state index contributed by atoms with van der Waals surface area (Å²) in [5.74, 6) is -0.246. The summed E-state index contributed by atoms with van der Waals surface area (Å²) in [5, 5.41) is 12.5. The number of hydrogen-bond acceptors (Lipinski definition) is 2. The van der Waals surface area contributed by atoms with Gasteiger partial charge in [-0.05, 0) is 31.7 Å². The number of hydrogen-bond donors (Lipinski definition) is 2. The van der Waals surface area contributed by atoms with Gasteiger partial charge in [0.2, 0.25) is 0 Å². The molecule has 3 nitrogen and oxygen atoms in total. The van der Waals surface area contributed by atoms with Crippen molar-refractivity contribution in [1.82, 2.24) is 5.32 Å². The van der Waals surface area contributed by atoms with Gasteiger partial charge in [0.15, 0.2) is 0 Å². The average Bonchev–Trinajstić information content (AvgIpc) is 2.29. The molecule has 0 saturated carbocycles. The van der Waals surface area contributed by atoms with Crippen LogP contribution >= 0.6 is 0 Å². The van der Waals surface area contributed by atoms with Crippen molar-refractivity contribution >= 4 is 5.97 Å². The molecule has 1 atom stereocenters. The minimum absolute atomic E-state index is 0.427. The van der Waals surface area contributed by atoms with Gasteiger partial charge in [0, 0.05) is 0 Å². The van der Waals surface area contributed by atoms with Gasteiger partial charge < -0.3 is 10.4 Å². The van der Waals surface area contributed by atoms with Gasteiger partial charge in [-0.25, -0.2) is 0 Å². The molecule has 1 aliphatic heterocycles. The highest BCUT2D eigenvalue weighted by Crippen LogP contribution is 2.26. The Labute approximate surface area is 85.9 Å². The van der Waals surface area contributed by atoms with E-state index in [-0.39, 0.29) is 0 Å². The summed E-state index contributed by atoms with van der Waals surface area (Å²) in [5.41, 5.74) is -0.648. The van der Waals surface area contributed by atoms with Crippen LogP contribution in [0.5, 0.6) is 0 Å². The van der Waals surface area contributed by atoms with Crippen LogP contribution in [0.15, 0.2) is 0 Å². The monoisotopic (exact) mass is 199 g/mol. The SMILES string of the molecule is CC(C)C[C@]1(C(=O)O)CCCCCN1. The van der Waals surface area contributed by atoms with E-state index in [1.807, 2.05) is 0 Å². The number of nitrogens with one attached hydrogen (secondary N) is 1. The lowest BCUT2D eigenvalue weighted by molar-refractivity contribution is -0.146. The first-order valence-corrected chi connectivity index (χ1v) is 5.55. The van der Waals surface area contributed by atoms with E-state index in [0.29, 0.717) is 5.92 Å². The van der Waals surface area contributed by atoms with Gasteiger partial charge in [-0.1, -0.05) is 26.7 Å². The Hall–Kier alpha value is -0.570. The zero-order chi connectivity index (χ0) is 10.6. The molecule has 1 rings (SSSR count). The first kappa shape index (κ1) is 11.5. The van der Waals surface area contributed by atoms with Crippen LogP contribution in [-0.4, -0.2) is 23.2 Å². The molecule has 2 N–H and O–H groups in total. The van der Waals surface area contributed by atoms with E-state index in [2.05, 4.69) is 19.2 Å². The molecule has 0 aromatic heterocycles. The lowest BCUT2D eigenvalue weighted by Crippen LogP contribution is -2.52. The first-order valence-electron chi connectivity index (χ1n) is 5.55. The molecule has 0 radical (unpaired) electrons. The molecule has 3 heteroatoms. The van der Waals surface area contributed by atoms with Crippen molar-refractivity contribution in [1.29, 1.82) is 0 Å². The molecule has 82 valence electrons. The van der Waals surface area contributed by atoms with Crippen molar-refractivity contribution in [3.05, 3.63) is 0 Å². The van der Waals surface area contributed by atoms with Crippen molar-refractivity contribution in [2.75, 3.05) is 6.54 Å². The summed E-state index contributed by atoms with van der Waals surface area (Å²) in [7, 11) is 0. The van der Waals surface area contributed by atoms with Crippen LogP contribution in [0, 0.1) is 5.92 Å². The minimum atomic E-state index is -0.673. The predicted molar refractivity (Wildman–Crippen MR) is 56.3 cm³/mol. The molecule has 1 fully saturated rings. The lowest BCUT2D eigenvalue weighted by Gasteiger charge is -2.30. The number of aliphatic carboxylic acids is 1. The third-order valence-corrected chi connectivity index (χ3v) is 2.91. The number of carboxylic acid groups (broad SMARTS) is 1. The molecule has 0 amide bonds. The van der Waals surface area contributed by atoms with E-state index >= 15 is 0 Å². The van der Waals surface area contributed by atoms with E-state index < -0.39 is 11.5 Å². The molecule has 0 unspecified atom stereocenters. The van der Waals surface area contributed by atoms with Crippen LogP contribution in [-0.2, 0) is 4.79 Å². The van der Waals surface area contributed by atoms with Crippen molar-refractivity contribution in [2.24, 2.45) is 5.92 Å². The molecule has 1 saturated heterocycles. The summed E-state index contributed by atoms with van der Waals surface area (Å²) in [4.78, 5) is 11.3. The summed E-state index contributed by atoms with van der Waals surface area (Å²) in [6.07, 6.45) is 4.81. The summed E-state index contributed by atoms with van der Waals surface area (Å²) < 4.78 is 0. The third-order valence-electron chi connectivity index (χ3n) is 2.91. The van der Waals surface area contributed by atoms with Crippen LogP contribution in [0.2, 0.25) is 0 Å². The maximum absolute atomic E-state index is 11.3. The van der Waals surface area contributed by atoms with Crippen LogP contribution < -0.4 is 5.32 Å². The first-order chi connectivity index (χ1) is 6.57. The van der Waals surface area contributed by atoms with Gasteiger partial charge in [-0.2, -0.15) is 0 Å². The summed E-state index contributed by atoms with van der Waals surface area (Å²) in [6, 6.07) is 0. The highest BCUT2D eigenvalue weighted by atomic mass is 16.4. The van der Waals surface area contributed by atoms with Gasteiger partial charge >= 0.3 is 5.97 Å². The zero-order valence-corrected chi connectivity index (χ0v) is 9.18. The molecule has 0 aliphatic carbocycles. The number of rotatable bonds is 3. The van der Waals surface area contributed by atoms with E-state index in [9.17, 15) is 9.90 Å². The van der Waals surface area contributed by atoms with Crippen molar-refractivity contribution in [3.8, 4) is 0 Å². The Morgan fingerprint density at radius 2 is 2.14 bits per heavy atom. The Kier molecular flexibility index (Phi) is 3.93. The second-order valence-corrected chi connectivity index (χ2v) is 4.72. The Morgan fingerprint density at radius 1 is 1.43 bits per heavy atom. The fourth-order valence-electron chi connectivity index (χ4n) is 2.29. The molecule has 0 aromatic carbocycles. The summed E-state index contributed by atoms with van der Waals surface area (Å²) in [6.45, 7) is 5.01. The van der Waals surface area contributed by atoms with Crippen LogP contribution in [0.25, 0.3) is 0 Å². The van der Waals surface area contributed by atoms with Gasteiger partial charge in [-0.15, -0.1) is 0 Å². The topological polar surface area (TPSA) is 49.3 Å². The maximum atomic E-state index is 11.3. The second kappa shape index (κ2) is 4.78. The van der Waals surface area contributed by atoms with Crippen molar-refractivity contribution < 1.29 is 9.90 Å². The lowest BCUT2D eigenvalue weighted by atomic mass is 9.85. The molecule has 0 bridgehead atoms. The van der Waals surface area contributed by atoms with Gasteiger partial charge in [-0.3, -0.25) is 4.79 Å². The van der Waals surface area contributed by atoms with E-state index in [4.69, 9.17) is 0 Å². The Balaban J connectivity index is 2.72. The largest absolute Gasteiger partial charge is 0.480 e. The van der Waals surface area contributed by atoms with Gasteiger partial charge in [0.25, 0.3) is 0 Å². The molecule has 0 spiro atoms. The van der Waals surface area contributed by atoms with E-state index in [1.54, 1.807) is 0 Å². The normalized spacial score (nSPS) is 28.8. The zero-order valence-electron chi connectivity index (χ0n) is 9.18. The average molecular weight is 199 g/mol. The molecule has 1 heterocycles. The Morgan fingerprint density at radius 3 is 2.71 bits per heavy atom. The molecule has 1 aliphatic rings. The molecule has 14 heavy (non-hydrogen) atoms. The standard InChI is InChI=1S/C11H21NO2/c1-9(2)8-11(10(13)14)6-4-3-5-7-12-11/h9,12H,3-8H2,1-2H3,(H,13,14)/t11-/m0/s1.